The van der Waals surface area contributed by atoms with Gasteiger partial charge in [0.1, 0.15) is 5.75 Å². The van der Waals surface area contributed by atoms with Gasteiger partial charge < -0.3 is 14.4 Å². The predicted octanol–water partition coefficient (Wildman–Crippen LogP) is 4.80. The van der Waals surface area contributed by atoms with Crippen molar-refractivity contribution in [3.8, 4) is 5.75 Å². The molecule has 0 spiro atoms. The molecule has 0 unspecified atom stereocenters. The molecular formula is C21H25NO3S. The van der Waals surface area contributed by atoms with Gasteiger partial charge in [-0.2, -0.15) is 0 Å². The lowest BCUT2D eigenvalue weighted by atomic mass is 10.2. The first-order valence-corrected chi connectivity index (χ1v) is 10.3. The molecule has 1 aromatic heterocycles. The fourth-order valence-corrected chi connectivity index (χ4v) is 4.44. The van der Waals surface area contributed by atoms with Crippen molar-refractivity contribution in [2.24, 2.45) is 0 Å². The van der Waals surface area contributed by atoms with Crippen molar-refractivity contribution >= 4 is 17.2 Å². The van der Waals surface area contributed by atoms with Crippen LogP contribution in [0.1, 0.15) is 58.8 Å². The van der Waals surface area contributed by atoms with E-state index in [1.165, 1.54) is 4.88 Å². The van der Waals surface area contributed by atoms with Gasteiger partial charge in [-0.05, 0) is 62.4 Å². The van der Waals surface area contributed by atoms with Gasteiger partial charge in [0.25, 0.3) is 5.91 Å². The molecule has 5 heteroatoms. The summed E-state index contributed by atoms with van der Waals surface area (Å²) in [5, 5.41) is 0. The molecule has 1 saturated carbocycles. The minimum absolute atomic E-state index is 0.149. The topological polar surface area (TPSA) is 38.8 Å². The summed E-state index contributed by atoms with van der Waals surface area (Å²) in [6, 6.07) is 12.5. The van der Waals surface area contributed by atoms with Crippen molar-refractivity contribution in [2.75, 3.05) is 13.2 Å². The van der Waals surface area contributed by atoms with Gasteiger partial charge in [-0.1, -0.05) is 12.1 Å². The van der Waals surface area contributed by atoms with Gasteiger partial charge in [-0.15, -0.1) is 11.3 Å². The maximum absolute atomic E-state index is 13.1. The largest absolute Gasteiger partial charge is 0.494 e. The average Bonchev–Trinajstić information content (AvgIpc) is 3.14. The molecule has 2 heterocycles. The fourth-order valence-electron chi connectivity index (χ4n) is 3.39. The molecule has 1 aliphatic carbocycles. The molecule has 4 nitrogen and oxygen atoms in total. The molecule has 2 aliphatic rings. The number of ether oxygens (including phenoxy) is 2. The van der Waals surface area contributed by atoms with E-state index in [1.54, 1.807) is 11.3 Å². The summed E-state index contributed by atoms with van der Waals surface area (Å²) in [5.41, 5.74) is 1.14. The molecule has 1 saturated heterocycles. The number of benzene rings is 1. The first-order valence-electron chi connectivity index (χ1n) is 9.48. The summed E-state index contributed by atoms with van der Waals surface area (Å²) in [6.45, 7) is 4.13. The van der Waals surface area contributed by atoms with Crippen LogP contribution in [0.5, 0.6) is 5.75 Å². The normalized spacial score (nSPS) is 19.5. The van der Waals surface area contributed by atoms with Gasteiger partial charge in [-0.25, -0.2) is 0 Å². The van der Waals surface area contributed by atoms with Crippen LogP contribution in [-0.4, -0.2) is 30.1 Å². The Bertz CT molecular complexity index is 745. The van der Waals surface area contributed by atoms with E-state index in [4.69, 9.17) is 9.47 Å². The van der Waals surface area contributed by atoms with Crippen LogP contribution in [-0.2, 0) is 11.3 Å². The van der Waals surface area contributed by atoms with E-state index >= 15 is 0 Å². The Morgan fingerprint density at radius 2 is 2.00 bits per heavy atom. The monoisotopic (exact) mass is 371 g/mol. The average molecular weight is 372 g/mol. The molecule has 2 fully saturated rings. The third-order valence-electron chi connectivity index (χ3n) is 4.92. The number of thiophene rings is 1. The van der Waals surface area contributed by atoms with Crippen molar-refractivity contribution in [3.05, 3.63) is 51.7 Å². The summed E-state index contributed by atoms with van der Waals surface area (Å²) in [4.78, 5) is 17.1. The molecule has 0 bridgehead atoms. The molecule has 138 valence electrons. The lowest BCUT2D eigenvalue weighted by Crippen LogP contribution is -2.32. The highest BCUT2D eigenvalue weighted by molar-refractivity contribution is 7.14. The van der Waals surface area contributed by atoms with Gasteiger partial charge in [0.15, 0.2) is 0 Å². The van der Waals surface area contributed by atoms with E-state index in [9.17, 15) is 4.79 Å². The SMILES string of the molecule is CCOc1ccc(CN(C(=O)c2ccc([C@@H]3CCCO3)s2)C2CC2)cc1. The fraction of sp³-hybridized carbons (Fsp3) is 0.476. The number of amides is 1. The highest BCUT2D eigenvalue weighted by Gasteiger charge is 2.34. The zero-order chi connectivity index (χ0) is 17.9. The third kappa shape index (κ3) is 3.94. The van der Waals surface area contributed by atoms with Crippen LogP contribution in [0.2, 0.25) is 0 Å². The number of carbonyl (C=O) groups excluding carboxylic acids is 1. The van der Waals surface area contributed by atoms with E-state index in [1.807, 2.05) is 30.0 Å². The number of carbonyl (C=O) groups is 1. The second-order valence-electron chi connectivity index (χ2n) is 6.94. The van der Waals surface area contributed by atoms with Gasteiger partial charge >= 0.3 is 0 Å². The lowest BCUT2D eigenvalue weighted by molar-refractivity contribution is 0.0735. The van der Waals surface area contributed by atoms with Crippen molar-refractivity contribution in [3.63, 3.8) is 0 Å². The van der Waals surface area contributed by atoms with Crippen LogP contribution in [0.25, 0.3) is 0 Å². The minimum atomic E-state index is 0.149. The Morgan fingerprint density at radius 1 is 1.19 bits per heavy atom. The summed E-state index contributed by atoms with van der Waals surface area (Å²) in [5.74, 6) is 1.02. The highest BCUT2D eigenvalue weighted by Crippen LogP contribution is 2.36. The van der Waals surface area contributed by atoms with Crippen LogP contribution < -0.4 is 4.74 Å². The van der Waals surface area contributed by atoms with Crippen molar-refractivity contribution < 1.29 is 14.3 Å². The molecule has 1 aromatic carbocycles. The molecule has 0 N–H and O–H groups in total. The Balaban J connectivity index is 1.46. The first-order chi connectivity index (χ1) is 12.7. The Labute approximate surface area is 158 Å². The van der Waals surface area contributed by atoms with Crippen LogP contribution in [0.4, 0.5) is 0 Å². The van der Waals surface area contributed by atoms with E-state index in [0.29, 0.717) is 19.2 Å². The number of rotatable bonds is 7. The predicted molar refractivity (Wildman–Crippen MR) is 103 cm³/mol. The molecule has 4 rings (SSSR count). The highest BCUT2D eigenvalue weighted by atomic mass is 32.1. The van der Waals surface area contributed by atoms with E-state index in [0.717, 1.165) is 48.5 Å². The quantitative estimate of drug-likeness (QED) is 0.701. The Morgan fingerprint density at radius 3 is 2.65 bits per heavy atom. The van der Waals surface area contributed by atoms with Crippen molar-refractivity contribution in [1.82, 2.24) is 4.90 Å². The van der Waals surface area contributed by atoms with Crippen molar-refractivity contribution in [1.29, 1.82) is 0 Å². The summed E-state index contributed by atoms with van der Waals surface area (Å²) >= 11 is 1.60. The lowest BCUT2D eigenvalue weighted by Gasteiger charge is -2.22. The number of hydrogen-bond acceptors (Lipinski definition) is 4. The molecule has 1 amide bonds. The second-order valence-corrected chi connectivity index (χ2v) is 8.06. The Hall–Kier alpha value is -1.85. The minimum Gasteiger partial charge on any atom is -0.494 e. The zero-order valence-corrected chi connectivity index (χ0v) is 16.0. The van der Waals surface area contributed by atoms with Crippen LogP contribution in [0, 0.1) is 0 Å². The van der Waals surface area contributed by atoms with Crippen LogP contribution >= 0.6 is 11.3 Å². The van der Waals surface area contributed by atoms with E-state index in [-0.39, 0.29) is 12.0 Å². The second kappa shape index (κ2) is 7.80. The molecule has 1 aliphatic heterocycles. The smallest absolute Gasteiger partial charge is 0.264 e. The number of hydrogen-bond donors (Lipinski definition) is 0. The van der Waals surface area contributed by atoms with Crippen LogP contribution in [0.3, 0.4) is 0 Å². The summed E-state index contributed by atoms with van der Waals surface area (Å²) < 4.78 is 11.3. The van der Waals surface area contributed by atoms with Gasteiger partial charge in [0, 0.05) is 24.1 Å². The van der Waals surface area contributed by atoms with E-state index in [2.05, 4.69) is 18.2 Å². The van der Waals surface area contributed by atoms with Crippen molar-refractivity contribution in [2.45, 2.75) is 51.3 Å². The summed E-state index contributed by atoms with van der Waals surface area (Å²) in [6.07, 6.45) is 4.56. The Kier molecular flexibility index (Phi) is 5.27. The third-order valence-corrected chi connectivity index (χ3v) is 6.09. The molecule has 1 atom stereocenters. The van der Waals surface area contributed by atoms with Gasteiger partial charge in [0.05, 0.1) is 17.6 Å². The molecule has 0 radical (unpaired) electrons. The van der Waals surface area contributed by atoms with E-state index < -0.39 is 0 Å². The van der Waals surface area contributed by atoms with Gasteiger partial charge in [-0.3, -0.25) is 4.79 Å². The maximum Gasteiger partial charge on any atom is 0.264 e. The molecular weight excluding hydrogens is 346 g/mol. The molecule has 2 aromatic rings. The maximum atomic E-state index is 13.1. The zero-order valence-electron chi connectivity index (χ0n) is 15.1. The van der Waals surface area contributed by atoms with Crippen LogP contribution in [0.15, 0.2) is 36.4 Å². The van der Waals surface area contributed by atoms with Gasteiger partial charge in [0.2, 0.25) is 0 Å². The summed E-state index contributed by atoms with van der Waals surface area (Å²) in [7, 11) is 0. The standard InChI is InChI=1S/C21H25NO3S/c1-2-24-17-9-5-15(6-10-17)14-22(16-7-8-16)21(23)20-12-11-19(26-20)18-4-3-13-25-18/h5-6,9-12,16,18H,2-4,7-8,13-14H2,1H3/t18-/m0/s1. The number of nitrogens with zero attached hydrogens (tertiary/aromatic N) is 1. The first kappa shape index (κ1) is 17.6. The molecule has 26 heavy (non-hydrogen) atoms.